The van der Waals surface area contributed by atoms with E-state index in [4.69, 9.17) is 0 Å². The maximum atomic E-state index is 3.83. The molecular weight excluding hydrogens is 254 g/mol. The van der Waals surface area contributed by atoms with Crippen molar-refractivity contribution in [3.63, 3.8) is 0 Å². The Morgan fingerprint density at radius 2 is 1.76 bits per heavy atom. The summed E-state index contributed by atoms with van der Waals surface area (Å²) in [6.07, 6.45) is 4.05. The van der Waals surface area contributed by atoms with Gasteiger partial charge in [0.15, 0.2) is 0 Å². The fourth-order valence-electron chi connectivity index (χ4n) is 3.86. The molecule has 1 aliphatic carbocycles. The van der Waals surface area contributed by atoms with Crippen molar-refractivity contribution < 1.29 is 0 Å². The van der Waals surface area contributed by atoms with E-state index in [0.29, 0.717) is 6.04 Å². The van der Waals surface area contributed by atoms with E-state index < -0.39 is 0 Å². The minimum atomic E-state index is 0.620. The summed E-state index contributed by atoms with van der Waals surface area (Å²) in [5.74, 6) is 2.40. The molecule has 0 radical (unpaired) electrons. The summed E-state index contributed by atoms with van der Waals surface area (Å²) < 4.78 is 0. The molecule has 3 unspecified atom stereocenters. The summed E-state index contributed by atoms with van der Waals surface area (Å²) in [6, 6.07) is 16.0. The van der Waals surface area contributed by atoms with Gasteiger partial charge in [0.05, 0.1) is 0 Å². The first-order chi connectivity index (χ1) is 10.1. The summed E-state index contributed by atoms with van der Waals surface area (Å²) in [5, 5.41) is 6.48. The van der Waals surface area contributed by atoms with E-state index >= 15 is 0 Å². The van der Waals surface area contributed by atoms with Crippen LogP contribution in [-0.2, 0) is 0 Å². The molecule has 3 rings (SSSR count). The van der Waals surface area contributed by atoms with Crippen molar-refractivity contribution in [3.8, 4) is 0 Å². The average molecular weight is 281 g/mol. The normalized spacial score (nSPS) is 26.2. The third-order valence-corrected chi connectivity index (χ3v) is 5.12. The first-order valence-electron chi connectivity index (χ1n) is 8.39. The van der Waals surface area contributed by atoms with E-state index in [9.17, 15) is 0 Å². The highest BCUT2D eigenvalue weighted by atomic mass is 14.9. The number of nitrogens with one attached hydrogen (secondary N) is 1. The van der Waals surface area contributed by atoms with Crippen LogP contribution >= 0.6 is 0 Å². The summed E-state index contributed by atoms with van der Waals surface area (Å²) in [6.45, 7) is 7.14. The van der Waals surface area contributed by atoms with E-state index in [-0.39, 0.29) is 0 Å². The third kappa shape index (κ3) is 3.23. The van der Waals surface area contributed by atoms with Crippen LogP contribution in [0, 0.1) is 17.8 Å². The highest BCUT2D eigenvalue weighted by Gasteiger charge is 2.30. The molecule has 0 spiro atoms. The van der Waals surface area contributed by atoms with Crippen LogP contribution in [0.25, 0.3) is 10.8 Å². The Morgan fingerprint density at radius 1 is 1.00 bits per heavy atom. The summed E-state index contributed by atoms with van der Waals surface area (Å²) in [4.78, 5) is 0. The molecule has 0 aromatic heterocycles. The lowest BCUT2D eigenvalue weighted by Crippen LogP contribution is -2.37. The summed E-state index contributed by atoms with van der Waals surface area (Å²) in [5.41, 5.74) is 1.28. The summed E-state index contributed by atoms with van der Waals surface area (Å²) >= 11 is 0. The second-order valence-electron chi connectivity index (χ2n) is 7.14. The van der Waals surface area contributed by atoms with Crippen LogP contribution in [0.3, 0.4) is 0 Å². The molecule has 1 N–H and O–H groups in total. The lowest BCUT2D eigenvalue weighted by atomic mass is 9.74. The van der Waals surface area contributed by atoms with Crippen LogP contribution in [0.5, 0.6) is 0 Å². The van der Waals surface area contributed by atoms with Crippen LogP contribution in [-0.4, -0.2) is 6.04 Å². The van der Waals surface area contributed by atoms with Crippen molar-refractivity contribution in [2.24, 2.45) is 17.8 Å². The Balaban J connectivity index is 1.81. The minimum Gasteiger partial charge on any atom is -0.382 e. The topological polar surface area (TPSA) is 12.0 Å². The summed E-state index contributed by atoms with van der Waals surface area (Å²) in [7, 11) is 0. The Labute approximate surface area is 128 Å². The molecule has 2 aromatic carbocycles. The van der Waals surface area contributed by atoms with E-state index in [1.165, 1.54) is 35.7 Å². The quantitative estimate of drug-likeness (QED) is 0.759. The third-order valence-electron chi connectivity index (χ3n) is 5.12. The lowest BCUT2D eigenvalue weighted by Gasteiger charge is -2.38. The molecule has 1 heteroatoms. The molecule has 21 heavy (non-hydrogen) atoms. The maximum absolute atomic E-state index is 3.83. The highest BCUT2D eigenvalue weighted by Crippen LogP contribution is 2.35. The molecule has 0 aliphatic heterocycles. The standard InChI is InChI=1S/C20H27N/c1-14(2)19-11-8-15(3)12-20(19)21-18-10-9-16-6-4-5-7-17(16)13-18/h4-7,9-10,13-15,19-21H,8,11-12H2,1-3H3. The highest BCUT2D eigenvalue weighted by molar-refractivity contribution is 5.85. The van der Waals surface area contributed by atoms with Crippen molar-refractivity contribution in [2.75, 3.05) is 5.32 Å². The van der Waals surface area contributed by atoms with E-state index in [1.807, 2.05) is 0 Å². The predicted octanol–water partition coefficient (Wildman–Crippen LogP) is 5.71. The molecule has 0 heterocycles. The molecule has 0 saturated heterocycles. The van der Waals surface area contributed by atoms with Crippen molar-refractivity contribution in [1.29, 1.82) is 0 Å². The lowest BCUT2D eigenvalue weighted by molar-refractivity contribution is 0.212. The zero-order chi connectivity index (χ0) is 14.8. The first kappa shape index (κ1) is 14.4. The number of anilines is 1. The Kier molecular flexibility index (Phi) is 4.19. The Morgan fingerprint density at radius 3 is 2.52 bits per heavy atom. The van der Waals surface area contributed by atoms with Crippen molar-refractivity contribution in [2.45, 2.75) is 46.1 Å². The van der Waals surface area contributed by atoms with Gasteiger partial charge in [-0.25, -0.2) is 0 Å². The molecule has 0 bridgehead atoms. The number of fused-ring (bicyclic) bond motifs is 1. The molecule has 0 amide bonds. The number of rotatable bonds is 3. The van der Waals surface area contributed by atoms with Gasteiger partial charge in [-0.1, -0.05) is 57.5 Å². The van der Waals surface area contributed by atoms with Gasteiger partial charge in [-0.05, 0) is 53.5 Å². The van der Waals surface area contributed by atoms with Gasteiger partial charge in [0.25, 0.3) is 0 Å². The predicted molar refractivity (Wildman–Crippen MR) is 92.7 cm³/mol. The minimum absolute atomic E-state index is 0.620. The molecule has 1 nitrogen and oxygen atoms in total. The Bertz CT molecular complexity index is 602. The van der Waals surface area contributed by atoms with Gasteiger partial charge in [-0.2, -0.15) is 0 Å². The number of benzene rings is 2. The van der Waals surface area contributed by atoms with Gasteiger partial charge in [0, 0.05) is 11.7 Å². The number of hydrogen-bond acceptors (Lipinski definition) is 1. The van der Waals surface area contributed by atoms with Gasteiger partial charge in [-0.15, -0.1) is 0 Å². The van der Waals surface area contributed by atoms with Gasteiger partial charge in [-0.3, -0.25) is 0 Å². The second-order valence-corrected chi connectivity index (χ2v) is 7.14. The monoisotopic (exact) mass is 281 g/mol. The Hall–Kier alpha value is -1.50. The smallest absolute Gasteiger partial charge is 0.0348 e. The van der Waals surface area contributed by atoms with Gasteiger partial charge < -0.3 is 5.32 Å². The van der Waals surface area contributed by atoms with Crippen molar-refractivity contribution >= 4 is 16.5 Å². The van der Waals surface area contributed by atoms with E-state index in [2.05, 4.69) is 68.6 Å². The van der Waals surface area contributed by atoms with Crippen LogP contribution in [0.2, 0.25) is 0 Å². The van der Waals surface area contributed by atoms with E-state index in [1.54, 1.807) is 0 Å². The zero-order valence-corrected chi connectivity index (χ0v) is 13.5. The second kappa shape index (κ2) is 6.09. The SMILES string of the molecule is CC1CCC(C(C)C)C(Nc2ccc3ccccc3c2)C1. The van der Waals surface area contributed by atoms with E-state index in [0.717, 1.165) is 17.8 Å². The van der Waals surface area contributed by atoms with Crippen LogP contribution in [0.1, 0.15) is 40.0 Å². The van der Waals surface area contributed by atoms with Crippen LogP contribution < -0.4 is 5.32 Å². The number of hydrogen-bond donors (Lipinski definition) is 1. The van der Waals surface area contributed by atoms with Crippen molar-refractivity contribution in [3.05, 3.63) is 42.5 Å². The fraction of sp³-hybridized carbons (Fsp3) is 0.500. The molecular formula is C20H27N. The van der Waals surface area contributed by atoms with Crippen molar-refractivity contribution in [1.82, 2.24) is 0 Å². The largest absolute Gasteiger partial charge is 0.382 e. The van der Waals surface area contributed by atoms with Gasteiger partial charge in [0.2, 0.25) is 0 Å². The van der Waals surface area contributed by atoms with Gasteiger partial charge >= 0.3 is 0 Å². The van der Waals surface area contributed by atoms with Crippen LogP contribution in [0.4, 0.5) is 5.69 Å². The molecule has 1 saturated carbocycles. The average Bonchev–Trinajstić information content (AvgIpc) is 2.47. The van der Waals surface area contributed by atoms with Gasteiger partial charge in [0.1, 0.15) is 0 Å². The molecule has 112 valence electrons. The molecule has 3 atom stereocenters. The molecule has 2 aromatic rings. The first-order valence-corrected chi connectivity index (χ1v) is 8.39. The maximum Gasteiger partial charge on any atom is 0.0348 e. The molecule has 1 aliphatic rings. The molecule has 1 fully saturated rings. The van der Waals surface area contributed by atoms with Crippen LogP contribution in [0.15, 0.2) is 42.5 Å². The fourth-order valence-corrected chi connectivity index (χ4v) is 3.86. The zero-order valence-electron chi connectivity index (χ0n) is 13.5.